The predicted octanol–water partition coefficient (Wildman–Crippen LogP) is 2.96. The van der Waals surface area contributed by atoms with Crippen LogP contribution in [-0.4, -0.2) is 27.4 Å². The van der Waals surface area contributed by atoms with Gasteiger partial charge in [0.05, 0.1) is 29.4 Å². The zero-order valence-corrected chi connectivity index (χ0v) is 16.0. The maximum absolute atomic E-state index is 13.9. The maximum atomic E-state index is 13.9. The Labute approximate surface area is 171 Å². The molecule has 0 bridgehead atoms. The average molecular weight is 403 g/mol. The van der Waals surface area contributed by atoms with Gasteiger partial charge in [0.2, 0.25) is 0 Å². The van der Waals surface area contributed by atoms with E-state index in [0.29, 0.717) is 46.9 Å². The minimum absolute atomic E-state index is 0.126. The van der Waals surface area contributed by atoms with Crippen molar-refractivity contribution in [2.45, 2.75) is 19.4 Å². The Morgan fingerprint density at radius 3 is 2.90 bits per heavy atom. The zero-order valence-electron chi connectivity index (χ0n) is 16.0. The number of halogens is 1. The number of benzene rings is 2. The number of urea groups is 1. The molecular weight excluding hydrogens is 385 g/mol. The Morgan fingerprint density at radius 2 is 2.10 bits per heavy atom. The smallest absolute Gasteiger partial charge is 0.320 e. The molecule has 1 aromatic heterocycles. The third kappa shape index (κ3) is 4.05. The van der Waals surface area contributed by atoms with Crippen LogP contribution in [0.3, 0.4) is 0 Å². The van der Waals surface area contributed by atoms with E-state index in [4.69, 9.17) is 5.26 Å². The molecule has 3 aromatic rings. The molecule has 2 heterocycles. The van der Waals surface area contributed by atoms with Crippen LogP contribution in [0.5, 0.6) is 0 Å². The van der Waals surface area contributed by atoms with E-state index in [2.05, 4.69) is 15.3 Å². The van der Waals surface area contributed by atoms with Crippen molar-refractivity contribution in [1.82, 2.24) is 14.9 Å². The highest BCUT2D eigenvalue weighted by atomic mass is 19.1. The SMILES string of the molecule is N#Cc1cccc(NC(=O)N2CCc3nc(Cc4ccccc4F)[nH]c(=O)c3C2)c1. The number of carbonyl (C=O) groups is 1. The van der Waals surface area contributed by atoms with Gasteiger partial charge in [-0.05, 0) is 29.8 Å². The summed E-state index contributed by atoms with van der Waals surface area (Å²) >= 11 is 0. The Hall–Kier alpha value is -3.99. The Balaban J connectivity index is 1.50. The van der Waals surface area contributed by atoms with Gasteiger partial charge >= 0.3 is 6.03 Å². The van der Waals surface area contributed by atoms with Crippen molar-refractivity contribution in [3.8, 4) is 6.07 Å². The molecule has 0 spiro atoms. The second-order valence-corrected chi connectivity index (χ2v) is 7.00. The molecule has 0 unspecified atom stereocenters. The van der Waals surface area contributed by atoms with Crippen molar-refractivity contribution in [2.24, 2.45) is 0 Å². The van der Waals surface area contributed by atoms with Crippen LogP contribution >= 0.6 is 0 Å². The van der Waals surface area contributed by atoms with Gasteiger partial charge in [-0.2, -0.15) is 5.26 Å². The minimum Gasteiger partial charge on any atom is -0.320 e. The van der Waals surface area contributed by atoms with E-state index in [1.807, 2.05) is 6.07 Å². The zero-order chi connectivity index (χ0) is 21.1. The highest BCUT2D eigenvalue weighted by Gasteiger charge is 2.25. The van der Waals surface area contributed by atoms with Gasteiger partial charge in [0.1, 0.15) is 11.6 Å². The summed E-state index contributed by atoms with van der Waals surface area (Å²) in [6, 6.07) is 14.6. The van der Waals surface area contributed by atoms with E-state index in [1.165, 1.54) is 11.0 Å². The lowest BCUT2D eigenvalue weighted by Gasteiger charge is -2.28. The summed E-state index contributed by atoms with van der Waals surface area (Å²) in [5.74, 6) is 0.0521. The number of nitriles is 1. The number of H-pyrrole nitrogens is 1. The van der Waals surface area contributed by atoms with Crippen LogP contribution in [0.2, 0.25) is 0 Å². The standard InChI is InChI=1S/C22H18FN5O2/c23-18-7-2-1-5-15(18)11-20-26-19-8-9-28(13-17(19)21(29)27-20)22(30)25-16-6-3-4-14(10-16)12-24/h1-7,10H,8-9,11,13H2,(H,25,30)(H,26,27,29). The summed E-state index contributed by atoms with van der Waals surface area (Å²) < 4.78 is 13.9. The molecule has 0 fully saturated rings. The molecule has 8 heteroatoms. The third-order valence-corrected chi connectivity index (χ3v) is 4.96. The van der Waals surface area contributed by atoms with E-state index in [1.54, 1.807) is 42.5 Å². The van der Waals surface area contributed by atoms with Crippen LogP contribution in [0.15, 0.2) is 53.3 Å². The van der Waals surface area contributed by atoms with E-state index >= 15 is 0 Å². The van der Waals surface area contributed by atoms with Gasteiger partial charge in [-0.3, -0.25) is 4.79 Å². The summed E-state index contributed by atoms with van der Waals surface area (Å²) in [5, 5.41) is 11.7. The first-order valence-corrected chi connectivity index (χ1v) is 9.44. The Kier molecular flexibility index (Phi) is 5.26. The fraction of sp³-hybridized carbons (Fsp3) is 0.182. The molecule has 4 rings (SSSR count). The fourth-order valence-electron chi connectivity index (χ4n) is 3.42. The molecule has 2 aromatic carbocycles. The van der Waals surface area contributed by atoms with Gasteiger partial charge in [-0.15, -0.1) is 0 Å². The number of hydrogen-bond acceptors (Lipinski definition) is 4. The highest BCUT2D eigenvalue weighted by Crippen LogP contribution is 2.18. The lowest BCUT2D eigenvalue weighted by Crippen LogP contribution is -2.42. The molecule has 7 nitrogen and oxygen atoms in total. The second-order valence-electron chi connectivity index (χ2n) is 7.00. The summed E-state index contributed by atoms with van der Waals surface area (Å²) in [6.07, 6.45) is 0.615. The number of fused-ring (bicyclic) bond motifs is 1. The first kappa shape index (κ1) is 19.3. The van der Waals surface area contributed by atoms with Crippen LogP contribution in [0.1, 0.15) is 28.2 Å². The van der Waals surface area contributed by atoms with E-state index in [-0.39, 0.29) is 30.4 Å². The first-order chi connectivity index (χ1) is 14.5. The van der Waals surface area contributed by atoms with Crippen molar-refractivity contribution in [1.29, 1.82) is 5.26 Å². The van der Waals surface area contributed by atoms with Crippen molar-refractivity contribution in [3.05, 3.63) is 92.9 Å². The molecule has 1 aliphatic rings. The molecule has 0 aliphatic carbocycles. The fourth-order valence-corrected chi connectivity index (χ4v) is 3.42. The van der Waals surface area contributed by atoms with Crippen LogP contribution in [-0.2, 0) is 19.4 Å². The summed E-state index contributed by atoms with van der Waals surface area (Å²) in [4.78, 5) is 33.9. The molecule has 150 valence electrons. The largest absolute Gasteiger partial charge is 0.322 e. The van der Waals surface area contributed by atoms with Gasteiger partial charge in [0.25, 0.3) is 5.56 Å². The van der Waals surface area contributed by atoms with Crippen LogP contribution in [0.4, 0.5) is 14.9 Å². The van der Waals surface area contributed by atoms with Crippen LogP contribution < -0.4 is 10.9 Å². The number of nitrogens with one attached hydrogen (secondary N) is 2. The molecule has 2 N–H and O–H groups in total. The minimum atomic E-state index is -0.356. The van der Waals surface area contributed by atoms with E-state index in [9.17, 15) is 14.0 Å². The van der Waals surface area contributed by atoms with Crippen LogP contribution in [0.25, 0.3) is 0 Å². The second kappa shape index (κ2) is 8.17. The van der Waals surface area contributed by atoms with Crippen molar-refractivity contribution >= 4 is 11.7 Å². The van der Waals surface area contributed by atoms with Crippen molar-refractivity contribution in [2.75, 3.05) is 11.9 Å². The Morgan fingerprint density at radius 1 is 1.27 bits per heavy atom. The molecule has 0 saturated heterocycles. The van der Waals surface area contributed by atoms with Gasteiger partial charge < -0.3 is 15.2 Å². The third-order valence-electron chi connectivity index (χ3n) is 4.96. The summed E-state index contributed by atoms with van der Waals surface area (Å²) in [6.45, 7) is 0.522. The number of nitrogens with zero attached hydrogens (tertiary/aromatic N) is 3. The summed E-state index contributed by atoms with van der Waals surface area (Å²) in [7, 11) is 0. The molecule has 30 heavy (non-hydrogen) atoms. The highest BCUT2D eigenvalue weighted by molar-refractivity contribution is 5.89. The van der Waals surface area contributed by atoms with Gasteiger partial charge in [0.15, 0.2) is 0 Å². The van der Waals surface area contributed by atoms with E-state index < -0.39 is 0 Å². The molecule has 0 saturated carbocycles. The maximum Gasteiger partial charge on any atom is 0.322 e. The quantitative estimate of drug-likeness (QED) is 0.702. The normalized spacial score (nSPS) is 12.7. The molecule has 1 aliphatic heterocycles. The first-order valence-electron chi connectivity index (χ1n) is 9.44. The topological polar surface area (TPSA) is 102 Å². The van der Waals surface area contributed by atoms with E-state index in [0.717, 1.165) is 0 Å². The monoisotopic (exact) mass is 403 g/mol. The Bertz CT molecular complexity index is 1210. The lowest BCUT2D eigenvalue weighted by molar-refractivity contribution is 0.205. The molecule has 0 atom stereocenters. The van der Waals surface area contributed by atoms with Crippen LogP contribution in [0, 0.1) is 17.1 Å². The number of aromatic nitrogens is 2. The van der Waals surface area contributed by atoms with Gasteiger partial charge in [-0.25, -0.2) is 14.2 Å². The lowest BCUT2D eigenvalue weighted by atomic mass is 10.1. The number of rotatable bonds is 3. The number of anilines is 1. The molecule has 2 amide bonds. The predicted molar refractivity (Wildman–Crippen MR) is 108 cm³/mol. The number of carbonyl (C=O) groups excluding carboxylic acids is 1. The average Bonchev–Trinajstić information content (AvgIpc) is 2.75. The number of aromatic amines is 1. The summed E-state index contributed by atoms with van der Waals surface area (Å²) in [5.41, 5.74) is 2.14. The molecular formula is C22H18FN5O2. The van der Waals surface area contributed by atoms with Crippen molar-refractivity contribution in [3.63, 3.8) is 0 Å². The number of amides is 2. The van der Waals surface area contributed by atoms with Gasteiger partial charge in [0, 0.05) is 25.1 Å². The molecule has 0 radical (unpaired) electrons. The van der Waals surface area contributed by atoms with Crippen molar-refractivity contribution < 1.29 is 9.18 Å². The number of hydrogen-bond donors (Lipinski definition) is 2. The van der Waals surface area contributed by atoms with Gasteiger partial charge in [-0.1, -0.05) is 24.3 Å².